The molecule has 1 aliphatic carbocycles. The highest BCUT2D eigenvalue weighted by Crippen LogP contribution is 2.38. The van der Waals surface area contributed by atoms with Gasteiger partial charge in [-0.3, -0.25) is 10.1 Å². The van der Waals surface area contributed by atoms with Gasteiger partial charge in [-0.05, 0) is 18.4 Å². The number of sulfonamides is 1. The largest absolute Gasteiger partial charge is 0.495 e. The summed E-state index contributed by atoms with van der Waals surface area (Å²) < 4.78 is 32.0. The van der Waals surface area contributed by atoms with Crippen LogP contribution in [0.1, 0.15) is 6.42 Å². The zero-order chi connectivity index (χ0) is 15.2. The molecular formula is C13H14N2O5S. The standard InChI is InChI=1S/C13H14N2O5S/c1-20-12-5-4-11(15(16)17)7-13(12)21(18,19)14-8-9-2-3-10(14)6-9/h2-5,7,9-10H,6,8H2,1H3. The number of rotatable bonds is 4. The van der Waals surface area contributed by atoms with Crippen LogP contribution in [0.15, 0.2) is 35.2 Å². The number of hydrogen-bond donors (Lipinski definition) is 0. The Bertz CT molecular complexity index is 728. The van der Waals surface area contributed by atoms with Crippen LogP contribution >= 0.6 is 0 Å². The molecule has 112 valence electrons. The molecule has 0 saturated carbocycles. The van der Waals surface area contributed by atoms with Gasteiger partial charge in [-0.25, -0.2) is 8.42 Å². The maximum Gasteiger partial charge on any atom is 0.271 e. The summed E-state index contributed by atoms with van der Waals surface area (Å²) in [4.78, 5) is 10.1. The normalized spacial score (nSPS) is 24.4. The minimum atomic E-state index is -3.82. The molecule has 1 aliphatic heterocycles. The molecule has 0 spiro atoms. The minimum absolute atomic E-state index is 0.118. The van der Waals surface area contributed by atoms with Crippen LogP contribution in [0, 0.1) is 16.0 Å². The zero-order valence-electron chi connectivity index (χ0n) is 11.3. The average Bonchev–Trinajstić information content (AvgIpc) is 3.09. The van der Waals surface area contributed by atoms with Gasteiger partial charge in [0.05, 0.1) is 12.0 Å². The van der Waals surface area contributed by atoms with Crippen LogP contribution in [0.2, 0.25) is 0 Å². The maximum absolute atomic E-state index is 12.8. The first-order valence-corrected chi connectivity index (χ1v) is 7.90. The Labute approximate surface area is 122 Å². The summed E-state index contributed by atoms with van der Waals surface area (Å²) in [5.41, 5.74) is -0.269. The van der Waals surface area contributed by atoms with Crippen molar-refractivity contribution in [3.63, 3.8) is 0 Å². The third-order valence-electron chi connectivity index (χ3n) is 3.88. The summed E-state index contributed by atoms with van der Waals surface area (Å²) in [5.74, 6) is 0.349. The fraction of sp³-hybridized carbons (Fsp3) is 0.385. The highest BCUT2D eigenvalue weighted by molar-refractivity contribution is 7.89. The highest BCUT2D eigenvalue weighted by atomic mass is 32.2. The summed E-state index contributed by atoms with van der Waals surface area (Å²) in [7, 11) is -2.47. The van der Waals surface area contributed by atoms with Gasteiger partial charge in [0.1, 0.15) is 10.6 Å². The van der Waals surface area contributed by atoms with Crippen molar-refractivity contribution in [2.75, 3.05) is 13.7 Å². The second-order valence-electron chi connectivity index (χ2n) is 5.12. The number of hydrogen-bond acceptors (Lipinski definition) is 5. The van der Waals surface area contributed by atoms with Crippen molar-refractivity contribution < 1.29 is 18.1 Å². The quantitative estimate of drug-likeness (QED) is 0.478. The van der Waals surface area contributed by atoms with Crippen molar-refractivity contribution in [3.8, 4) is 5.75 Å². The first-order valence-electron chi connectivity index (χ1n) is 6.46. The number of fused-ring (bicyclic) bond motifs is 2. The maximum atomic E-state index is 12.8. The van der Waals surface area contributed by atoms with Gasteiger partial charge in [-0.15, -0.1) is 0 Å². The Morgan fingerprint density at radius 3 is 2.67 bits per heavy atom. The van der Waals surface area contributed by atoms with E-state index in [1.165, 1.54) is 23.5 Å². The van der Waals surface area contributed by atoms with Crippen molar-refractivity contribution in [1.82, 2.24) is 4.31 Å². The Kier molecular flexibility index (Phi) is 3.22. The van der Waals surface area contributed by atoms with E-state index < -0.39 is 14.9 Å². The predicted molar refractivity (Wildman–Crippen MR) is 74.6 cm³/mol. The monoisotopic (exact) mass is 310 g/mol. The van der Waals surface area contributed by atoms with Crippen LogP contribution in [0.4, 0.5) is 5.69 Å². The van der Waals surface area contributed by atoms with Crippen LogP contribution < -0.4 is 4.74 Å². The van der Waals surface area contributed by atoms with Crippen LogP contribution in [0.25, 0.3) is 0 Å². The SMILES string of the molecule is COc1ccc([N+](=O)[O-])cc1S(=O)(=O)N1CC2C=CC1C2. The highest BCUT2D eigenvalue weighted by Gasteiger charge is 2.42. The number of ether oxygens (including phenoxy) is 1. The molecule has 0 radical (unpaired) electrons. The van der Waals surface area contributed by atoms with Gasteiger partial charge in [-0.1, -0.05) is 12.2 Å². The van der Waals surface area contributed by atoms with E-state index in [1.54, 1.807) is 0 Å². The molecule has 1 heterocycles. The van der Waals surface area contributed by atoms with E-state index >= 15 is 0 Å². The smallest absolute Gasteiger partial charge is 0.271 e. The molecule has 2 bridgehead atoms. The first-order chi connectivity index (χ1) is 9.93. The Morgan fingerprint density at radius 1 is 1.38 bits per heavy atom. The van der Waals surface area contributed by atoms with Gasteiger partial charge in [0, 0.05) is 24.7 Å². The third kappa shape index (κ3) is 2.20. The molecule has 3 rings (SSSR count). The number of nitro groups is 1. The van der Waals surface area contributed by atoms with Gasteiger partial charge < -0.3 is 4.74 Å². The second kappa shape index (κ2) is 4.81. The molecule has 0 N–H and O–H groups in total. The Morgan fingerprint density at radius 2 is 2.14 bits per heavy atom. The number of nitrogens with zero attached hydrogens (tertiary/aromatic N) is 2. The fourth-order valence-corrected chi connectivity index (χ4v) is 4.68. The molecular weight excluding hydrogens is 296 g/mol. The van der Waals surface area contributed by atoms with Gasteiger partial charge >= 0.3 is 0 Å². The molecule has 7 nitrogen and oxygen atoms in total. The predicted octanol–water partition coefficient (Wildman–Crippen LogP) is 1.55. The van der Waals surface area contributed by atoms with E-state index in [4.69, 9.17) is 4.74 Å². The first kappa shape index (κ1) is 14.0. The summed E-state index contributed by atoms with van der Waals surface area (Å²) in [6, 6.07) is 3.44. The zero-order valence-corrected chi connectivity index (χ0v) is 12.1. The lowest BCUT2D eigenvalue weighted by atomic mass is 10.2. The van der Waals surface area contributed by atoms with Crippen molar-refractivity contribution in [2.24, 2.45) is 5.92 Å². The number of nitro benzene ring substituents is 1. The summed E-state index contributed by atoms with van der Waals surface area (Å²) >= 11 is 0. The van der Waals surface area contributed by atoms with Crippen LogP contribution in [-0.4, -0.2) is 37.3 Å². The molecule has 8 heteroatoms. The van der Waals surface area contributed by atoms with E-state index in [0.29, 0.717) is 6.54 Å². The van der Waals surface area contributed by atoms with Gasteiger partial charge in [0.15, 0.2) is 0 Å². The van der Waals surface area contributed by atoms with Crippen molar-refractivity contribution in [2.45, 2.75) is 17.4 Å². The lowest BCUT2D eigenvalue weighted by Gasteiger charge is -2.24. The van der Waals surface area contributed by atoms with Crippen molar-refractivity contribution in [1.29, 1.82) is 0 Å². The number of benzene rings is 1. The number of methoxy groups -OCH3 is 1. The lowest BCUT2D eigenvalue weighted by Crippen LogP contribution is -2.36. The van der Waals surface area contributed by atoms with E-state index in [-0.39, 0.29) is 28.3 Å². The van der Waals surface area contributed by atoms with Gasteiger partial charge in [0.25, 0.3) is 5.69 Å². The fourth-order valence-electron chi connectivity index (χ4n) is 2.85. The van der Waals surface area contributed by atoms with Crippen LogP contribution in [-0.2, 0) is 10.0 Å². The van der Waals surface area contributed by atoms with Crippen LogP contribution in [0.3, 0.4) is 0 Å². The van der Waals surface area contributed by atoms with E-state index in [0.717, 1.165) is 12.5 Å². The Hall–Kier alpha value is -1.93. The second-order valence-corrected chi connectivity index (χ2v) is 6.97. The van der Waals surface area contributed by atoms with Crippen molar-refractivity contribution in [3.05, 3.63) is 40.5 Å². The van der Waals surface area contributed by atoms with Crippen molar-refractivity contribution >= 4 is 15.7 Å². The van der Waals surface area contributed by atoms with E-state index in [9.17, 15) is 18.5 Å². The molecule has 1 aromatic carbocycles. The molecule has 1 aromatic rings. The summed E-state index contributed by atoms with van der Waals surface area (Å²) in [6.45, 7) is 0.412. The molecule has 1 fully saturated rings. The molecule has 2 atom stereocenters. The van der Waals surface area contributed by atoms with E-state index in [1.807, 2.05) is 12.2 Å². The van der Waals surface area contributed by atoms with Gasteiger partial charge in [-0.2, -0.15) is 4.31 Å². The molecule has 1 saturated heterocycles. The van der Waals surface area contributed by atoms with Crippen LogP contribution in [0.5, 0.6) is 5.75 Å². The molecule has 0 aromatic heterocycles. The Balaban J connectivity index is 2.07. The summed E-state index contributed by atoms with van der Waals surface area (Å²) in [5, 5.41) is 10.9. The number of non-ortho nitro benzene ring substituents is 1. The third-order valence-corrected chi connectivity index (χ3v) is 5.79. The topological polar surface area (TPSA) is 89.7 Å². The average molecular weight is 310 g/mol. The minimum Gasteiger partial charge on any atom is -0.495 e. The molecule has 2 unspecified atom stereocenters. The van der Waals surface area contributed by atoms with E-state index in [2.05, 4.69) is 0 Å². The lowest BCUT2D eigenvalue weighted by molar-refractivity contribution is -0.385. The van der Waals surface area contributed by atoms with Gasteiger partial charge in [0.2, 0.25) is 10.0 Å². The molecule has 21 heavy (non-hydrogen) atoms. The molecule has 0 amide bonds. The summed E-state index contributed by atoms with van der Waals surface area (Å²) in [6.07, 6.45) is 4.66. The molecule has 2 aliphatic rings.